The minimum absolute atomic E-state index is 0.949. The zero-order chi connectivity index (χ0) is 61.4. The first-order valence-corrected chi connectivity index (χ1v) is 39.8. The fourth-order valence-electron chi connectivity index (χ4n) is 12.5. The summed E-state index contributed by atoms with van der Waals surface area (Å²) in [6.45, 7) is 16.0. The Morgan fingerprint density at radius 3 is 0.800 bits per heavy atom. The van der Waals surface area contributed by atoms with Gasteiger partial charge in [-0.2, -0.15) is 0 Å². The summed E-state index contributed by atoms with van der Waals surface area (Å²) in [5.74, 6) is 2.80. The van der Waals surface area contributed by atoms with Crippen LogP contribution in [0.1, 0.15) is 422 Å². The molecule has 2 aromatic rings. The van der Waals surface area contributed by atoms with Gasteiger partial charge in [0.2, 0.25) is 0 Å². The summed E-state index contributed by atoms with van der Waals surface area (Å²) in [5, 5.41) is 2.87. The van der Waals surface area contributed by atoms with Gasteiger partial charge >= 0.3 is 166 Å². The molecule has 0 aliphatic carbocycles. The second-order valence-electron chi connectivity index (χ2n) is 26.5. The van der Waals surface area contributed by atoms with Crippen LogP contribution in [0.25, 0.3) is 11.1 Å². The third kappa shape index (κ3) is 50.3. The molecular weight excluding hydrogens is 1070 g/mol. The van der Waals surface area contributed by atoms with Crippen molar-refractivity contribution >= 4 is 11.4 Å². The van der Waals surface area contributed by atoms with Crippen molar-refractivity contribution in [2.24, 2.45) is 0 Å². The first-order chi connectivity index (χ1) is 42.0. The van der Waals surface area contributed by atoms with Gasteiger partial charge in [0.25, 0.3) is 5.87 Å². The molecule has 2 aromatic carbocycles. The van der Waals surface area contributed by atoms with E-state index in [9.17, 15) is 5.53 Å². The summed E-state index contributed by atoms with van der Waals surface area (Å²) in [5.41, 5.74) is 20.4. The average molecular weight is 1220 g/mol. The second kappa shape index (κ2) is 64.8. The van der Waals surface area contributed by atoms with Crippen molar-refractivity contribution in [1.29, 1.82) is 0 Å². The fourth-order valence-corrected chi connectivity index (χ4v) is 13.7. The Kier molecular flexibility index (Phi) is 61.6. The zero-order valence-corrected chi connectivity index (χ0v) is 59.5. The van der Waals surface area contributed by atoms with Crippen molar-refractivity contribution in [3.8, 4) is 0 Å². The maximum atomic E-state index is 9.38. The van der Waals surface area contributed by atoms with Gasteiger partial charge in [0.1, 0.15) is 0 Å². The molecule has 0 unspecified atom stereocenters. The number of aryl methyl sites for hydroxylation is 4. The predicted octanol–water partition coefficient (Wildman–Crippen LogP) is 28.8. The summed E-state index contributed by atoms with van der Waals surface area (Å²) in [7, 11) is 0. The first kappa shape index (κ1) is 80.8. The molecule has 2 rings (SSSR count). The van der Waals surface area contributed by atoms with E-state index in [1.807, 2.05) is 20.5 Å². The first-order valence-electron chi connectivity index (χ1n) is 38.4. The van der Waals surface area contributed by atoms with Gasteiger partial charge in [0.15, 0.2) is 0 Å². The van der Waals surface area contributed by atoms with Gasteiger partial charge < -0.3 is 5.53 Å². The van der Waals surface area contributed by atoms with E-state index in [4.69, 9.17) is 0 Å². The average Bonchev–Trinajstić information content (AvgIpc) is 2.78. The Balaban J connectivity index is 0.000000850. The standard InChI is InChI=1S/C40H60N2.2C21H43.Ni/c1-6-11-16-18-22-35-28-36(23-19-17-12-7-2)32-39(31-35)40(37(24-15-10-5)25-26-42-41)38-29-33(20-13-8-3)27-34(30-38)21-14-9-4;2*1-3-5-7-9-11-13-15-17-19-21-20-18-16-14-12-10-8-6-4-2;/h25,27-32H,6-24H2,1-5H3;2*1,3-21H2,2H3;. The van der Waals surface area contributed by atoms with E-state index in [-0.39, 0.29) is 0 Å². The molecule has 494 valence electrons. The molecule has 0 spiro atoms. The minimum Gasteiger partial charge on any atom is -0.348 e. The van der Waals surface area contributed by atoms with Crippen LogP contribution in [0.15, 0.2) is 48.0 Å². The van der Waals surface area contributed by atoms with E-state index >= 15 is 0 Å². The predicted molar refractivity (Wildman–Crippen MR) is 381 cm³/mol. The van der Waals surface area contributed by atoms with Gasteiger partial charge in [-0.25, -0.2) is 0 Å². The number of rotatable bonds is 62. The molecule has 0 N–H and O–H groups in total. The molecule has 0 heterocycles. The quantitative estimate of drug-likeness (QED) is 0.0158. The Hall–Kier alpha value is -2.17. The second-order valence-corrected chi connectivity index (χ2v) is 28.0. The van der Waals surface area contributed by atoms with E-state index < -0.39 is 0 Å². The summed E-state index contributed by atoms with van der Waals surface area (Å²) >= 11 is 2.05. The molecule has 0 radical (unpaired) electrons. The van der Waals surface area contributed by atoms with Crippen molar-refractivity contribution in [3.05, 3.63) is 87.0 Å². The van der Waals surface area contributed by atoms with Gasteiger partial charge in [-0.1, -0.05) is 245 Å². The number of hydrogen-bond acceptors (Lipinski definition) is 0. The normalized spacial score (nSPS) is 11.7. The molecule has 2 nitrogen and oxygen atoms in total. The smallest absolute Gasteiger partial charge is 0.348 e. The minimum atomic E-state index is 0.949. The van der Waals surface area contributed by atoms with Crippen LogP contribution in [-0.4, -0.2) is 10.7 Å². The molecule has 0 aromatic heterocycles. The van der Waals surface area contributed by atoms with Crippen LogP contribution in [0.3, 0.4) is 0 Å². The molecule has 0 fully saturated rings. The Morgan fingerprint density at radius 1 is 0.306 bits per heavy atom. The molecule has 0 atom stereocenters. The van der Waals surface area contributed by atoms with Crippen LogP contribution in [0.4, 0.5) is 0 Å². The van der Waals surface area contributed by atoms with E-state index in [1.54, 1.807) is 0 Å². The van der Waals surface area contributed by atoms with Gasteiger partial charge in [-0.05, 0) is 109 Å². The van der Waals surface area contributed by atoms with E-state index in [0.717, 1.165) is 44.9 Å². The third-order valence-electron chi connectivity index (χ3n) is 18.0. The molecule has 0 saturated carbocycles. The van der Waals surface area contributed by atoms with Crippen LogP contribution in [0.2, 0.25) is 10.8 Å². The van der Waals surface area contributed by atoms with Crippen molar-refractivity contribution in [2.75, 3.05) is 0 Å². The molecule has 0 aliphatic heterocycles. The molecule has 0 amide bonds. The number of unbranched alkanes of at least 4 members (excludes halogenated alkanes) is 45. The fraction of sp³-hybridized carbons (Fsp3) is 0.805. The van der Waals surface area contributed by atoms with Crippen LogP contribution in [0.5, 0.6) is 0 Å². The van der Waals surface area contributed by atoms with Crippen LogP contribution < -0.4 is 0 Å². The summed E-state index contributed by atoms with van der Waals surface area (Å²) < 4.78 is 0. The zero-order valence-electron chi connectivity index (χ0n) is 58.5. The number of benzene rings is 2. The maximum absolute atomic E-state index is 9.38. The molecule has 0 saturated heterocycles. The Labute approximate surface area is 539 Å². The van der Waals surface area contributed by atoms with Gasteiger partial charge in [0.05, 0.1) is 6.08 Å². The molecular formula is C82H146N2Ni. The SMILES string of the molecule is CCCCCCCCCCCCCCCCCCCC[CH2][Ni][CH2]CCCCCCCCCCCCCCCCCCCC.CCCCCCc1cc(CCCCCC)cc(C(=C(C=C=[N+]=[N-])CCCC)c2cc(CCCC)cc(CCCC)c2)c1. The van der Waals surface area contributed by atoms with Crippen LogP contribution in [0, 0.1) is 0 Å². The van der Waals surface area contributed by atoms with Crippen molar-refractivity contribution in [1.82, 2.24) is 0 Å². The van der Waals surface area contributed by atoms with Crippen LogP contribution >= 0.6 is 0 Å². The Bertz CT molecular complexity index is 1750. The topological polar surface area (TPSA) is 36.4 Å². The molecule has 0 bridgehead atoms. The summed E-state index contributed by atoms with van der Waals surface area (Å²) in [4.78, 5) is 3.28. The number of hydrogen-bond donors (Lipinski definition) is 0. The van der Waals surface area contributed by atoms with Crippen molar-refractivity contribution in [3.63, 3.8) is 0 Å². The van der Waals surface area contributed by atoms with Gasteiger partial charge in [-0.15, -0.1) is 4.79 Å². The van der Waals surface area contributed by atoms with E-state index in [0.29, 0.717) is 0 Å². The molecule has 0 aliphatic rings. The third-order valence-corrected chi connectivity index (χ3v) is 19.4. The summed E-state index contributed by atoms with van der Waals surface area (Å²) in [6, 6.07) is 14.8. The Morgan fingerprint density at radius 2 is 0.541 bits per heavy atom. The molecule has 85 heavy (non-hydrogen) atoms. The van der Waals surface area contributed by atoms with Crippen molar-refractivity contribution < 1.29 is 19.2 Å². The number of nitrogens with zero attached hydrogens (tertiary/aromatic N) is 2. The van der Waals surface area contributed by atoms with Crippen LogP contribution in [-0.2, 0) is 40.1 Å². The van der Waals surface area contributed by atoms with Gasteiger partial charge in [0, 0.05) is 0 Å². The number of allylic oxidation sites excluding steroid dienone is 2. The molecule has 3 heteroatoms. The van der Waals surface area contributed by atoms with E-state index in [1.165, 1.54) is 376 Å². The van der Waals surface area contributed by atoms with Gasteiger partial charge in [-0.3, -0.25) is 0 Å². The monoisotopic (exact) mass is 1220 g/mol. The summed E-state index contributed by atoms with van der Waals surface area (Å²) in [6.07, 6.45) is 80.9. The van der Waals surface area contributed by atoms with E-state index in [2.05, 4.69) is 95.5 Å². The van der Waals surface area contributed by atoms with Crippen molar-refractivity contribution in [2.45, 2.75) is 425 Å².